The number of hydrogen-bond donors (Lipinski definition) is 1. The third kappa shape index (κ3) is 3.20. The average molecular weight is 356 g/mol. The Morgan fingerprint density at radius 3 is 2.84 bits per heavy atom. The van der Waals surface area contributed by atoms with Crippen molar-refractivity contribution in [1.29, 1.82) is 0 Å². The molecule has 4 rings (SSSR count). The molecule has 1 aromatic carbocycles. The molecule has 0 atom stereocenters. The van der Waals surface area contributed by atoms with Crippen LogP contribution in [0.3, 0.4) is 0 Å². The zero-order chi connectivity index (χ0) is 17.4. The van der Waals surface area contributed by atoms with Crippen molar-refractivity contribution in [3.8, 4) is 11.5 Å². The fourth-order valence-electron chi connectivity index (χ4n) is 3.32. The number of nitrogens with zero attached hydrogens (tertiary/aromatic N) is 1. The van der Waals surface area contributed by atoms with Crippen molar-refractivity contribution >= 4 is 23.2 Å². The molecule has 25 heavy (non-hydrogen) atoms. The van der Waals surface area contributed by atoms with Crippen molar-refractivity contribution in [2.24, 2.45) is 0 Å². The topological polar surface area (TPSA) is 57.0 Å². The van der Waals surface area contributed by atoms with E-state index in [0.717, 1.165) is 31.1 Å². The number of thiophene rings is 1. The molecule has 1 N–H and O–H groups in total. The van der Waals surface area contributed by atoms with E-state index in [0.29, 0.717) is 29.2 Å². The molecule has 0 amide bonds. The van der Waals surface area contributed by atoms with Crippen molar-refractivity contribution < 1.29 is 19.5 Å². The third-order valence-corrected chi connectivity index (χ3v) is 5.65. The first-order valence-corrected chi connectivity index (χ1v) is 9.32. The highest BCUT2D eigenvalue weighted by atomic mass is 32.1. The number of ether oxygens (including phenoxy) is 1. The summed E-state index contributed by atoms with van der Waals surface area (Å²) in [5.41, 5.74) is 1.13. The van der Waals surface area contributed by atoms with Crippen LogP contribution in [0.5, 0.6) is 11.5 Å². The summed E-state index contributed by atoms with van der Waals surface area (Å²) in [7, 11) is 2.11. The summed E-state index contributed by atoms with van der Waals surface area (Å²) in [6, 6.07) is 6.96. The summed E-state index contributed by atoms with van der Waals surface area (Å²) in [4.78, 5) is 17.2. The second-order valence-electron chi connectivity index (χ2n) is 6.60. The Morgan fingerprint density at radius 1 is 1.32 bits per heavy atom. The number of quaternary nitrogens is 1. The van der Waals surface area contributed by atoms with Crippen LogP contribution in [0.25, 0.3) is 6.08 Å². The number of Topliss-reactive ketones (excluding diaryl/α,β-unsaturated/α-hetero) is 1. The van der Waals surface area contributed by atoms with Gasteiger partial charge in [-0.1, -0.05) is 17.9 Å². The van der Waals surface area contributed by atoms with E-state index in [2.05, 4.69) is 11.9 Å². The van der Waals surface area contributed by atoms with Gasteiger partial charge < -0.3 is 14.7 Å². The Bertz CT molecular complexity index is 821. The second kappa shape index (κ2) is 6.63. The zero-order valence-electron chi connectivity index (χ0n) is 14.1. The molecule has 0 aliphatic carbocycles. The predicted molar refractivity (Wildman–Crippen MR) is 95.0 cm³/mol. The number of likely N-dealkylation sites (N-methyl/N-ethyl adjacent to an activating group) is 1. The van der Waals surface area contributed by atoms with E-state index in [4.69, 9.17) is 4.74 Å². The van der Waals surface area contributed by atoms with Gasteiger partial charge >= 0.3 is 0 Å². The minimum atomic E-state index is -0.141. The van der Waals surface area contributed by atoms with Crippen LogP contribution in [0.15, 0.2) is 35.4 Å². The fraction of sp³-hybridized carbons (Fsp3) is 0.316. The number of piperazine rings is 1. The van der Waals surface area contributed by atoms with Crippen LogP contribution in [-0.4, -0.2) is 43.9 Å². The molecule has 3 heterocycles. The number of carbonyl (C=O) groups excluding carboxylic acids is 1. The Hall–Kier alpha value is -2.15. The van der Waals surface area contributed by atoms with Crippen LogP contribution >= 0.6 is 11.3 Å². The van der Waals surface area contributed by atoms with Gasteiger partial charge in [-0.3, -0.25) is 9.69 Å². The van der Waals surface area contributed by atoms with E-state index in [9.17, 15) is 9.90 Å². The quantitative estimate of drug-likeness (QED) is 0.826. The van der Waals surface area contributed by atoms with Gasteiger partial charge in [-0.05, 0) is 24.6 Å². The molecule has 1 fully saturated rings. The number of rotatable bonds is 3. The predicted octanol–water partition coefficient (Wildman–Crippen LogP) is 0.768. The molecule has 6 heteroatoms. The number of ketones is 1. The largest absolute Gasteiger partial charge is 0.872 e. The lowest BCUT2D eigenvalue weighted by Gasteiger charge is -2.30. The van der Waals surface area contributed by atoms with E-state index in [-0.39, 0.29) is 11.5 Å². The van der Waals surface area contributed by atoms with E-state index in [1.165, 1.54) is 11.0 Å². The molecule has 0 spiro atoms. The molecule has 0 saturated carbocycles. The highest BCUT2D eigenvalue weighted by molar-refractivity contribution is 7.10. The Balaban J connectivity index is 1.62. The van der Waals surface area contributed by atoms with Crippen LogP contribution in [0, 0.1) is 0 Å². The van der Waals surface area contributed by atoms with E-state index < -0.39 is 0 Å². The maximum Gasteiger partial charge on any atom is 0.232 e. The van der Waals surface area contributed by atoms with Gasteiger partial charge in [0.1, 0.15) is 12.3 Å². The smallest absolute Gasteiger partial charge is 0.232 e. The average Bonchev–Trinajstić information content (AvgIpc) is 3.22. The number of allylic oxidation sites excluding steroid dienone is 1. The number of nitrogens with one attached hydrogen (secondary N) is 1. The normalized spacial score (nSPS) is 20.0. The summed E-state index contributed by atoms with van der Waals surface area (Å²) in [6.07, 6.45) is 1.75. The first-order valence-electron chi connectivity index (χ1n) is 8.44. The lowest BCUT2D eigenvalue weighted by molar-refractivity contribution is -0.918. The Labute approximate surface area is 150 Å². The summed E-state index contributed by atoms with van der Waals surface area (Å²) in [6.45, 7) is 4.62. The minimum absolute atomic E-state index is 0.0460. The van der Waals surface area contributed by atoms with Gasteiger partial charge in [-0.15, -0.1) is 11.3 Å². The molecule has 0 radical (unpaired) electrons. The fourth-order valence-corrected chi connectivity index (χ4v) is 3.97. The number of hydrogen-bond acceptors (Lipinski definition) is 5. The van der Waals surface area contributed by atoms with Crippen LogP contribution in [-0.2, 0) is 6.54 Å². The maximum absolute atomic E-state index is 12.6. The van der Waals surface area contributed by atoms with Gasteiger partial charge in [0.15, 0.2) is 5.76 Å². The second-order valence-corrected chi connectivity index (χ2v) is 7.58. The summed E-state index contributed by atoms with van der Waals surface area (Å²) >= 11 is 1.55. The van der Waals surface area contributed by atoms with Crippen molar-refractivity contribution in [2.45, 2.75) is 6.54 Å². The van der Waals surface area contributed by atoms with Crippen molar-refractivity contribution in [1.82, 2.24) is 4.90 Å². The first-order chi connectivity index (χ1) is 12.1. The minimum Gasteiger partial charge on any atom is -0.872 e. The van der Waals surface area contributed by atoms with Crippen molar-refractivity contribution in [2.75, 3.05) is 33.2 Å². The van der Waals surface area contributed by atoms with Gasteiger partial charge in [0, 0.05) is 29.6 Å². The molecule has 2 aromatic rings. The highest BCUT2D eigenvalue weighted by Gasteiger charge is 2.31. The summed E-state index contributed by atoms with van der Waals surface area (Å²) in [5.74, 6) is 0.581. The SMILES string of the molecule is CN1CC[NH+](Cc2c([O-])ccc3c2O/C(=C\c2cccs2)C3=O)CC1. The van der Waals surface area contributed by atoms with Crippen LogP contribution in [0.4, 0.5) is 0 Å². The molecular formula is C19H20N2O3S. The van der Waals surface area contributed by atoms with Crippen LogP contribution in [0.1, 0.15) is 20.8 Å². The monoisotopic (exact) mass is 356 g/mol. The number of fused-ring (bicyclic) bond motifs is 1. The van der Waals surface area contributed by atoms with E-state index in [1.807, 2.05) is 17.5 Å². The standard InChI is InChI=1S/C19H20N2O3S/c1-20-6-8-21(9-7-20)12-15-16(22)5-4-14-18(23)17(24-19(14)15)11-13-3-2-10-25-13/h2-5,10-11,22H,6-9,12H2,1H3/b17-11-. The van der Waals surface area contributed by atoms with Crippen LogP contribution < -0.4 is 14.7 Å². The molecule has 0 unspecified atom stereocenters. The summed E-state index contributed by atoms with van der Waals surface area (Å²) < 4.78 is 5.86. The Kier molecular flexibility index (Phi) is 4.33. The molecule has 2 aliphatic rings. The molecule has 2 aliphatic heterocycles. The Morgan fingerprint density at radius 2 is 2.12 bits per heavy atom. The summed E-state index contributed by atoms with van der Waals surface area (Å²) in [5, 5.41) is 14.4. The van der Waals surface area contributed by atoms with Gasteiger partial charge in [0.05, 0.1) is 18.7 Å². The van der Waals surface area contributed by atoms with Gasteiger partial charge in [-0.25, -0.2) is 0 Å². The number of carbonyl (C=O) groups is 1. The molecule has 130 valence electrons. The third-order valence-electron chi connectivity index (χ3n) is 4.84. The maximum atomic E-state index is 12.6. The molecule has 0 bridgehead atoms. The zero-order valence-corrected chi connectivity index (χ0v) is 14.9. The van der Waals surface area contributed by atoms with Gasteiger partial charge in [0.2, 0.25) is 5.78 Å². The van der Waals surface area contributed by atoms with Crippen LogP contribution in [0.2, 0.25) is 0 Å². The molecule has 5 nitrogen and oxygen atoms in total. The number of benzene rings is 1. The molecular weight excluding hydrogens is 336 g/mol. The highest BCUT2D eigenvalue weighted by Crippen LogP contribution is 2.38. The molecule has 1 saturated heterocycles. The van der Waals surface area contributed by atoms with Crippen molar-refractivity contribution in [3.63, 3.8) is 0 Å². The van der Waals surface area contributed by atoms with Crippen molar-refractivity contribution in [3.05, 3.63) is 51.4 Å². The molecule has 1 aromatic heterocycles. The van der Waals surface area contributed by atoms with E-state index >= 15 is 0 Å². The van der Waals surface area contributed by atoms with E-state index in [1.54, 1.807) is 23.5 Å². The lowest BCUT2D eigenvalue weighted by Crippen LogP contribution is -3.13. The van der Waals surface area contributed by atoms with Gasteiger partial charge in [0.25, 0.3) is 0 Å². The first kappa shape index (κ1) is 16.3. The lowest BCUT2D eigenvalue weighted by atomic mass is 10.0. The van der Waals surface area contributed by atoms with Gasteiger partial charge in [-0.2, -0.15) is 0 Å².